The van der Waals surface area contributed by atoms with E-state index in [2.05, 4.69) is 32.9 Å². The molecule has 6 nitrogen and oxygen atoms in total. The molecule has 1 unspecified atom stereocenters. The van der Waals surface area contributed by atoms with Crippen molar-refractivity contribution in [1.82, 2.24) is 0 Å². The zero-order valence-corrected chi connectivity index (χ0v) is 44.0. The molecular weight excluding hydrogens is 805 g/mol. The largest absolute Gasteiger partial charge is 0.462 e. The van der Waals surface area contributed by atoms with E-state index in [1.165, 1.54) is 225 Å². The maximum absolute atomic E-state index is 12.8. The van der Waals surface area contributed by atoms with Crippen LogP contribution in [0.2, 0.25) is 0 Å². The van der Waals surface area contributed by atoms with Crippen LogP contribution < -0.4 is 0 Å². The van der Waals surface area contributed by atoms with Crippen LogP contribution in [0.5, 0.6) is 0 Å². The zero-order chi connectivity index (χ0) is 47.2. The Kier molecular flexibility index (Phi) is 53.2. The Labute approximate surface area is 405 Å². The average molecular weight is 918 g/mol. The van der Waals surface area contributed by atoms with Crippen LogP contribution in [0.25, 0.3) is 0 Å². The number of hydrogen-bond donors (Lipinski definition) is 0. The van der Waals surface area contributed by atoms with E-state index >= 15 is 0 Å². The lowest BCUT2D eigenvalue weighted by atomic mass is 10.0. The summed E-state index contributed by atoms with van der Waals surface area (Å²) in [4.78, 5) is 37.8. The van der Waals surface area contributed by atoms with Gasteiger partial charge in [0.2, 0.25) is 0 Å². The highest BCUT2D eigenvalue weighted by atomic mass is 16.6. The van der Waals surface area contributed by atoms with E-state index < -0.39 is 6.10 Å². The van der Waals surface area contributed by atoms with Crippen molar-refractivity contribution in [2.24, 2.45) is 0 Å². The Morgan fingerprint density at radius 3 is 0.785 bits per heavy atom. The Hall–Kier alpha value is -1.85. The van der Waals surface area contributed by atoms with Crippen LogP contribution in [-0.4, -0.2) is 37.2 Å². The quantitative estimate of drug-likeness (QED) is 0.0262. The second-order valence-electron chi connectivity index (χ2n) is 19.9. The normalized spacial score (nSPS) is 12.0. The molecular formula is C59H112O6. The second-order valence-corrected chi connectivity index (χ2v) is 19.9. The van der Waals surface area contributed by atoms with Crippen molar-refractivity contribution in [3.8, 4) is 0 Å². The molecule has 0 N–H and O–H groups in total. The lowest BCUT2D eigenvalue weighted by Crippen LogP contribution is -2.30. The standard InChI is InChI=1S/C59H112O6/c1-4-7-10-13-16-18-20-22-23-24-25-26-27-28-29-30-31-32-33-34-35-37-38-40-43-46-49-52-58(61)64-55-56(54-63-57(60)51-48-45-42-15-12-9-6-3)65-59(62)53-50-47-44-41-39-36-21-19-17-14-11-8-5-2/h19,21,56H,4-18,20,22-55H2,1-3H3/b21-19-. The van der Waals surface area contributed by atoms with Crippen LogP contribution in [0.1, 0.15) is 329 Å². The number of ether oxygens (including phenoxy) is 3. The Bertz CT molecular complexity index is 1010. The van der Waals surface area contributed by atoms with Crippen molar-refractivity contribution in [1.29, 1.82) is 0 Å². The highest BCUT2D eigenvalue weighted by molar-refractivity contribution is 5.71. The summed E-state index contributed by atoms with van der Waals surface area (Å²) in [5, 5.41) is 0. The fraction of sp³-hybridized carbons (Fsp3) is 0.915. The van der Waals surface area contributed by atoms with Gasteiger partial charge in [-0.3, -0.25) is 14.4 Å². The van der Waals surface area contributed by atoms with Gasteiger partial charge in [0.15, 0.2) is 6.10 Å². The fourth-order valence-electron chi connectivity index (χ4n) is 8.85. The van der Waals surface area contributed by atoms with E-state index in [0.29, 0.717) is 19.3 Å². The first kappa shape index (κ1) is 63.1. The molecule has 0 radical (unpaired) electrons. The van der Waals surface area contributed by atoms with E-state index in [0.717, 1.165) is 64.2 Å². The molecule has 0 rings (SSSR count). The summed E-state index contributed by atoms with van der Waals surface area (Å²) in [6.07, 6.45) is 62.5. The molecule has 0 aliphatic rings. The summed E-state index contributed by atoms with van der Waals surface area (Å²) in [6, 6.07) is 0. The van der Waals surface area contributed by atoms with Gasteiger partial charge in [0.25, 0.3) is 0 Å². The maximum Gasteiger partial charge on any atom is 0.306 e. The molecule has 0 aliphatic heterocycles. The Balaban J connectivity index is 4.01. The second kappa shape index (κ2) is 54.8. The van der Waals surface area contributed by atoms with Crippen LogP contribution in [-0.2, 0) is 28.6 Å². The van der Waals surface area contributed by atoms with E-state index in [1.807, 2.05) is 0 Å². The predicted molar refractivity (Wildman–Crippen MR) is 280 cm³/mol. The molecule has 0 saturated heterocycles. The maximum atomic E-state index is 12.8. The number of allylic oxidation sites excluding steroid dienone is 2. The van der Waals surface area contributed by atoms with Gasteiger partial charge in [-0.05, 0) is 44.9 Å². The predicted octanol–water partition coefficient (Wildman–Crippen LogP) is 19.3. The molecule has 384 valence electrons. The third-order valence-corrected chi connectivity index (χ3v) is 13.3. The van der Waals surface area contributed by atoms with E-state index in [9.17, 15) is 14.4 Å². The summed E-state index contributed by atoms with van der Waals surface area (Å²) >= 11 is 0. The molecule has 6 heteroatoms. The molecule has 0 amide bonds. The van der Waals surface area contributed by atoms with Crippen LogP contribution in [0.4, 0.5) is 0 Å². The first-order valence-corrected chi connectivity index (χ1v) is 29.2. The molecule has 0 aromatic carbocycles. The van der Waals surface area contributed by atoms with Gasteiger partial charge in [-0.25, -0.2) is 0 Å². The average Bonchev–Trinajstić information content (AvgIpc) is 3.30. The number of unbranched alkanes of at least 4 members (excludes halogenated alkanes) is 41. The monoisotopic (exact) mass is 917 g/mol. The van der Waals surface area contributed by atoms with Crippen LogP contribution >= 0.6 is 0 Å². The first-order valence-electron chi connectivity index (χ1n) is 29.2. The molecule has 0 aromatic rings. The van der Waals surface area contributed by atoms with E-state index in [1.54, 1.807) is 0 Å². The van der Waals surface area contributed by atoms with Crippen molar-refractivity contribution in [2.45, 2.75) is 335 Å². The lowest BCUT2D eigenvalue weighted by molar-refractivity contribution is -0.167. The number of carbonyl (C=O) groups excluding carboxylic acids is 3. The highest BCUT2D eigenvalue weighted by Crippen LogP contribution is 2.17. The molecule has 0 saturated carbocycles. The zero-order valence-electron chi connectivity index (χ0n) is 44.0. The van der Waals surface area contributed by atoms with Gasteiger partial charge in [0, 0.05) is 19.3 Å². The molecule has 0 fully saturated rings. The van der Waals surface area contributed by atoms with E-state index in [4.69, 9.17) is 14.2 Å². The molecule has 0 aliphatic carbocycles. The van der Waals surface area contributed by atoms with Crippen molar-refractivity contribution < 1.29 is 28.6 Å². The van der Waals surface area contributed by atoms with Crippen LogP contribution in [0, 0.1) is 0 Å². The van der Waals surface area contributed by atoms with Gasteiger partial charge < -0.3 is 14.2 Å². The summed E-state index contributed by atoms with van der Waals surface area (Å²) in [6.45, 7) is 6.62. The number of rotatable bonds is 54. The minimum absolute atomic E-state index is 0.0685. The Morgan fingerprint density at radius 1 is 0.292 bits per heavy atom. The molecule has 0 spiro atoms. The van der Waals surface area contributed by atoms with Gasteiger partial charge in [0.1, 0.15) is 13.2 Å². The third kappa shape index (κ3) is 53.0. The van der Waals surface area contributed by atoms with Gasteiger partial charge >= 0.3 is 17.9 Å². The van der Waals surface area contributed by atoms with E-state index in [-0.39, 0.29) is 31.1 Å². The topological polar surface area (TPSA) is 78.9 Å². The van der Waals surface area contributed by atoms with Gasteiger partial charge in [-0.15, -0.1) is 0 Å². The lowest BCUT2D eigenvalue weighted by Gasteiger charge is -2.18. The third-order valence-electron chi connectivity index (χ3n) is 13.3. The summed E-state index contributed by atoms with van der Waals surface area (Å²) < 4.78 is 16.8. The smallest absolute Gasteiger partial charge is 0.306 e. The van der Waals surface area contributed by atoms with Gasteiger partial charge in [-0.2, -0.15) is 0 Å². The van der Waals surface area contributed by atoms with Crippen molar-refractivity contribution in [2.75, 3.05) is 13.2 Å². The summed E-state index contributed by atoms with van der Waals surface area (Å²) in [5.74, 6) is -0.866. The molecule has 0 aromatic heterocycles. The SMILES string of the molecule is CCCCCC/C=C\CCCCCCCC(=O)OC(COC(=O)CCCCCCCCC)COC(=O)CCCCCCCCCCCCCCCCCCCCCCCCCCCCC. The van der Waals surface area contributed by atoms with Crippen molar-refractivity contribution >= 4 is 17.9 Å². The van der Waals surface area contributed by atoms with Crippen LogP contribution in [0.15, 0.2) is 12.2 Å². The molecule has 1 atom stereocenters. The minimum Gasteiger partial charge on any atom is -0.462 e. The van der Waals surface area contributed by atoms with Gasteiger partial charge in [0.05, 0.1) is 0 Å². The van der Waals surface area contributed by atoms with Crippen LogP contribution in [0.3, 0.4) is 0 Å². The summed E-state index contributed by atoms with van der Waals surface area (Å²) in [7, 11) is 0. The highest BCUT2D eigenvalue weighted by Gasteiger charge is 2.19. The number of carbonyl (C=O) groups is 3. The van der Waals surface area contributed by atoms with Crippen molar-refractivity contribution in [3.63, 3.8) is 0 Å². The summed E-state index contributed by atoms with van der Waals surface area (Å²) in [5.41, 5.74) is 0. The van der Waals surface area contributed by atoms with Gasteiger partial charge in [-0.1, -0.05) is 277 Å². The fourth-order valence-corrected chi connectivity index (χ4v) is 8.85. The molecule has 0 heterocycles. The number of hydrogen-bond acceptors (Lipinski definition) is 6. The van der Waals surface area contributed by atoms with Crippen molar-refractivity contribution in [3.05, 3.63) is 12.2 Å². The molecule has 0 bridgehead atoms. The minimum atomic E-state index is -0.767. The number of esters is 3. The molecule has 65 heavy (non-hydrogen) atoms. The Morgan fingerprint density at radius 2 is 0.508 bits per heavy atom. The first-order chi connectivity index (χ1) is 32.0.